The lowest BCUT2D eigenvalue weighted by Crippen LogP contribution is -1.89. The van der Waals surface area contributed by atoms with E-state index in [0.29, 0.717) is 6.61 Å². The van der Waals surface area contributed by atoms with Crippen LogP contribution >= 0.6 is 0 Å². The van der Waals surface area contributed by atoms with Gasteiger partial charge in [0, 0.05) is 17.1 Å². The fraction of sp³-hybridized carbons (Fsp3) is 0.100. The van der Waals surface area contributed by atoms with Crippen LogP contribution in [0.15, 0.2) is 30.5 Å². The molecule has 0 amide bonds. The summed E-state index contributed by atoms with van der Waals surface area (Å²) in [6, 6.07) is 8.03. The number of H-pyrrole nitrogens is 1. The van der Waals surface area contributed by atoms with Gasteiger partial charge in [-0.05, 0) is 19.1 Å². The Morgan fingerprint density at radius 1 is 1.33 bits per heavy atom. The van der Waals surface area contributed by atoms with E-state index < -0.39 is 0 Å². The molecule has 12 heavy (non-hydrogen) atoms. The summed E-state index contributed by atoms with van der Waals surface area (Å²) in [4.78, 5) is 3.12. The quantitative estimate of drug-likeness (QED) is 0.716. The number of nitrogens with one attached hydrogen (secondary N) is 1. The van der Waals surface area contributed by atoms with Gasteiger partial charge in [0.2, 0.25) is 0 Å². The minimum Gasteiger partial charge on any atom is -0.491 e. The van der Waals surface area contributed by atoms with Crippen molar-refractivity contribution in [3.05, 3.63) is 37.4 Å². The lowest BCUT2D eigenvalue weighted by molar-refractivity contribution is 0.365. The highest BCUT2D eigenvalue weighted by atomic mass is 16.5. The molecule has 0 unspecified atom stereocenters. The van der Waals surface area contributed by atoms with Crippen LogP contribution in [0.2, 0.25) is 0 Å². The highest BCUT2D eigenvalue weighted by molar-refractivity contribution is 5.85. The molecule has 0 aliphatic rings. The number of aromatic amines is 1. The zero-order chi connectivity index (χ0) is 8.39. The molecule has 2 rings (SSSR count). The molecule has 1 aromatic carbocycles. The molecule has 61 valence electrons. The summed E-state index contributed by atoms with van der Waals surface area (Å²) in [5.74, 6) is 0.876. The number of benzene rings is 1. The van der Waals surface area contributed by atoms with Gasteiger partial charge in [0.1, 0.15) is 5.75 Å². The monoisotopic (exact) mass is 160 g/mol. The third kappa shape index (κ3) is 1.05. The average molecular weight is 160 g/mol. The standard InChI is InChI=1S/C10H10NO/c1-2-12-10-7-11-9-6-4-3-5-8(9)10/h3-7,11H,1-2H2. The first-order valence-electron chi connectivity index (χ1n) is 3.90. The van der Waals surface area contributed by atoms with Gasteiger partial charge in [-0.3, -0.25) is 0 Å². The SMILES string of the molecule is [CH2]COc1c[nH]c2ccccc12. The predicted molar refractivity (Wildman–Crippen MR) is 49.2 cm³/mol. The molecule has 0 atom stereocenters. The number of para-hydroxylation sites is 1. The van der Waals surface area contributed by atoms with Gasteiger partial charge in [-0.2, -0.15) is 0 Å². The maximum atomic E-state index is 5.32. The minimum atomic E-state index is 0.460. The first-order chi connectivity index (χ1) is 5.92. The van der Waals surface area contributed by atoms with Crippen LogP contribution in [-0.4, -0.2) is 11.6 Å². The summed E-state index contributed by atoms with van der Waals surface area (Å²) in [6.45, 7) is 4.09. The fourth-order valence-corrected chi connectivity index (χ4v) is 1.27. The number of fused-ring (bicyclic) bond motifs is 1. The van der Waals surface area contributed by atoms with Crippen molar-refractivity contribution in [1.29, 1.82) is 0 Å². The van der Waals surface area contributed by atoms with Crippen molar-refractivity contribution >= 4 is 10.9 Å². The van der Waals surface area contributed by atoms with E-state index in [4.69, 9.17) is 4.74 Å². The molecule has 1 N–H and O–H groups in total. The van der Waals surface area contributed by atoms with Gasteiger partial charge in [0.15, 0.2) is 0 Å². The normalized spacial score (nSPS) is 10.4. The number of hydrogen-bond acceptors (Lipinski definition) is 1. The predicted octanol–water partition coefficient (Wildman–Crippen LogP) is 2.38. The van der Waals surface area contributed by atoms with Crippen LogP contribution in [0, 0.1) is 6.92 Å². The highest BCUT2D eigenvalue weighted by Gasteiger charge is 2.01. The van der Waals surface area contributed by atoms with E-state index in [9.17, 15) is 0 Å². The number of hydrogen-bond donors (Lipinski definition) is 1. The summed E-state index contributed by atoms with van der Waals surface area (Å²) in [5.41, 5.74) is 1.10. The Balaban J connectivity index is 2.55. The summed E-state index contributed by atoms with van der Waals surface area (Å²) >= 11 is 0. The molecule has 2 heteroatoms. The molecular weight excluding hydrogens is 150 g/mol. The summed E-state index contributed by atoms with van der Waals surface area (Å²) in [7, 11) is 0. The third-order valence-corrected chi connectivity index (χ3v) is 1.81. The lowest BCUT2D eigenvalue weighted by Gasteiger charge is -1.98. The topological polar surface area (TPSA) is 25.0 Å². The molecular formula is C10H10NO. The Kier molecular flexibility index (Phi) is 1.74. The lowest BCUT2D eigenvalue weighted by atomic mass is 10.2. The highest BCUT2D eigenvalue weighted by Crippen LogP contribution is 2.24. The Morgan fingerprint density at radius 3 is 3.00 bits per heavy atom. The first-order valence-corrected chi connectivity index (χ1v) is 3.90. The van der Waals surface area contributed by atoms with Crippen molar-refractivity contribution < 1.29 is 4.74 Å². The summed E-state index contributed by atoms with van der Waals surface area (Å²) in [6.07, 6.45) is 1.86. The van der Waals surface area contributed by atoms with Crippen molar-refractivity contribution in [2.45, 2.75) is 0 Å². The second-order valence-electron chi connectivity index (χ2n) is 2.55. The molecule has 0 fully saturated rings. The molecule has 1 heterocycles. The molecule has 0 aliphatic heterocycles. The van der Waals surface area contributed by atoms with Crippen LogP contribution in [0.3, 0.4) is 0 Å². The minimum absolute atomic E-state index is 0.460. The molecule has 2 aromatic rings. The molecule has 2 nitrogen and oxygen atoms in total. The van der Waals surface area contributed by atoms with Gasteiger partial charge >= 0.3 is 0 Å². The Bertz CT molecular complexity index is 378. The van der Waals surface area contributed by atoms with Gasteiger partial charge in [-0.1, -0.05) is 12.1 Å². The number of ether oxygens (including phenoxy) is 1. The Hall–Kier alpha value is -1.44. The Morgan fingerprint density at radius 2 is 2.17 bits per heavy atom. The van der Waals surface area contributed by atoms with E-state index >= 15 is 0 Å². The van der Waals surface area contributed by atoms with E-state index in [1.54, 1.807) is 0 Å². The van der Waals surface area contributed by atoms with Crippen molar-refractivity contribution in [2.24, 2.45) is 0 Å². The van der Waals surface area contributed by atoms with E-state index in [0.717, 1.165) is 16.7 Å². The molecule has 0 saturated carbocycles. The number of aromatic nitrogens is 1. The number of rotatable bonds is 2. The second-order valence-corrected chi connectivity index (χ2v) is 2.55. The average Bonchev–Trinajstić information content (AvgIpc) is 2.50. The van der Waals surface area contributed by atoms with Crippen LogP contribution in [0.4, 0.5) is 0 Å². The van der Waals surface area contributed by atoms with Crippen LogP contribution < -0.4 is 4.74 Å². The third-order valence-electron chi connectivity index (χ3n) is 1.81. The van der Waals surface area contributed by atoms with Gasteiger partial charge < -0.3 is 9.72 Å². The zero-order valence-electron chi connectivity index (χ0n) is 6.71. The van der Waals surface area contributed by atoms with Crippen LogP contribution in [-0.2, 0) is 0 Å². The summed E-state index contributed by atoms with van der Waals surface area (Å²) in [5, 5.41) is 1.11. The zero-order valence-corrected chi connectivity index (χ0v) is 6.71. The van der Waals surface area contributed by atoms with Crippen LogP contribution in [0.25, 0.3) is 10.9 Å². The maximum Gasteiger partial charge on any atom is 0.144 e. The first kappa shape index (κ1) is 7.22. The van der Waals surface area contributed by atoms with E-state index in [1.807, 2.05) is 30.5 Å². The van der Waals surface area contributed by atoms with Gasteiger partial charge in [0.05, 0.1) is 6.61 Å². The smallest absolute Gasteiger partial charge is 0.144 e. The van der Waals surface area contributed by atoms with Gasteiger partial charge in [-0.25, -0.2) is 0 Å². The second kappa shape index (κ2) is 2.89. The fourth-order valence-electron chi connectivity index (χ4n) is 1.27. The largest absolute Gasteiger partial charge is 0.491 e. The summed E-state index contributed by atoms with van der Waals surface area (Å²) < 4.78 is 5.32. The van der Waals surface area contributed by atoms with Crippen LogP contribution in [0.5, 0.6) is 5.75 Å². The molecule has 0 aliphatic carbocycles. The molecule has 0 spiro atoms. The molecule has 0 bridgehead atoms. The Labute approximate surface area is 71.2 Å². The van der Waals surface area contributed by atoms with Gasteiger partial charge in [0.25, 0.3) is 0 Å². The molecule has 1 radical (unpaired) electrons. The van der Waals surface area contributed by atoms with Crippen molar-refractivity contribution in [1.82, 2.24) is 4.98 Å². The molecule has 1 aromatic heterocycles. The van der Waals surface area contributed by atoms with E-state index in [2.05, 4.69) is 11.9 Å². The van der Waals surface area contributed by atoms with Crippen molar-refractivity contribution in [3.8, 4) is 5.75 Å². The van der Waals surface area contributed by atoms with Crippen molar-refractivity contribution in [3.63, 3.8) is 0 Å². The van der Waals surface area contributed by atoms with Gasteiger partial charge in [-0.15, -0.1) is 0 Å². The van der Waals surface area contributed by atoms with E-state index in [1.165, 1.54) is 0 Å². The van der Waals surface area contributed by atoms with Crippen molar-refractivity contribution in [2.75, 3.05) is 6.61 Å². The molecule has 0 saturated heterocycles. The van der Waals surface area contributed by atoms with Crippen LogP contribution in [0.1, 0.15) is 0 Å². The maximum absolute atomic E-state index is 5.32. The van der Waals surface area contributed by atoms with E-state index in [-0.39, 0.29) is 0 Å².